The van der Waals surface area contributed by atoms with Crippen LogP contribution in [0.1, 0.15) is 30.0 Å². The van der Waals surface area contributed by atoms with Crippen LogP contribution in [0.15, 0.2) is 48.5 Å². The van der Waals surface area contributed by atoms with Gasteiger partial charge in [-0.05, 0) is 42.5 Å². The summed E-state index contributed by atoms with van der Waals surface area (Å²) in [6, 6.07) is 15.6. The number of carbonyl (C=O) groups excluding carboxylic acids is 2. The van der Waals surface area contributed by atoms with Crippen LogP contribution in [0.25, 0.3) is 0 Å². The lowest BCUT2D eigenvalue weighted by molar-refractivity contribution is -0.862. The minimum Gasteiger partial charge on any atom is -0.497 e. The maximum absolute atomic E-state index is 12.5. The monoisotopic (exact) mass is 382 g/mol. The molecule has 0 fully saturated rings. The molecule has 0 radical (unpaired) electrons. The van der Waals surface area contributed by atoms with Crippen LogP contribution in [0, 0.1) is 0 Å². The molecule has 1 aliphatic rings. The lowest BCUT2D eigenvalue weighted by atomic mass is 9.88. The minimum atomic E-state index is -0.137. The number of aryl methyl sites for hydroxylation is 1. The minimum absolute atomic E-state index is 0.0339. The number of hydrogen-bond donors (Lipinski definition) is 3. The second-order valence-electron chi connectivity index (χ2n) is 7.30. The van der Waals surface area contributed by atoms with E-state index in [2.05, 4.69) is 22.8 Å². The molecule has 6 nitrogen and oxygen atoms in total. The van der Waals surface area contributed by atoms with Gasteiger partial charge in [-0.2, -0.15) is 0 Å². The first-order chi connectivity index (χ1) is 13.5. The van der Waals surface area contributed by atoms with Crippen molar-refractivity contribution in [2.24, 2.45) is 0 Å². The molecule has 0 aliphatic heterocycles. The van der Waals surface area contributed by atoms with Gasteiger partial charge in [0, 0.05) is 11.8 Å². The number of anilines is 1. The maximum atomic E-state index is 12.5. The van der Waals surface area contributed by atoms with Gasteiger partial charge in [-0.25, -0.2) is 0 Å². The highest BCUT2D eigenvalue weighted by molar-refractivity contribution is 5.91. The smallest absolute Gasteiger partial charge is 0.279 e. The number of nitrogens with one attached hydrogen (secondary N) is 3. The van der Waals surface area contributed by atoms with Crippen LogP contribution >= 0.6 is 0 Å². The van der Waals surface area contributed by atoms with Crippen molar-refractivity contribution >= 4 is 17.5 Å². The molecule has 6 heteroatoms. The fourth-order valence-corrected chi connectivity index (χ4v) is 3.67. The van der Waals surface area contributed by atoms with Crippen molar-refractivity contribution in [2.45, 2.75) is 25.3 Å². The summed E-state index contributed by atoms with van der Waals surface area (Å²) in [5.74, 6) is 0.514. The lowest BCUT2D eigenvalue weighted by Gasteiger charge is -2.26. The van der Waals surface area contributed by atoms with E-state index >= 15 is 0 Å². The molecule has 0 heterocycles. The van der Waals surface area contributed by atoms with Gasteiger partial charge in [0.2, 0.25) is 0 Å². The molecule has 1 aliphatic carbocycles. The number of likely N-dealkylation sites (N-methyl/N-ethyl adjacent to an activating group) is 1. The van der Waals surface area contributed by atoms with Crippen molar-refractivity contribution in [3.05, 3.63) is 59.7 Å². The first kappa shape index (κ1) is 19.9. The molecule has 148 valence electrons. The third-order valence-corrected chi connectivity index (χ3v) is 4.98. The summed E-state index contributed by atoms with van der Waals surface area (Å²) < 4.78 is 5.16. The molecule has 2 amide bonds. The van der Waals surface area contributed by atoms with Gasteiger partial charge in [-0.3, -0.25) is 9.59 Å². The molecule has 1 unspecified atom stereocenters. The summed E-state index contributed by atoms with van der Waals surface area (Å²) in [7, 11) is 3.43. The Hall–Kier alpha value is -2.86. The van der Waals surface area contributed by atoms with Crippen molar-refractivity contribution in [3.63, 3.8) is 0 Å². The number of quaternary nitrogens is 1. The van der Waals surface area contributed by atoms with Crippen LogP contribution < -0.4 is 20.3 Å². The van der Waals surface area contributed by atoms with Crippen LogP contribution in [0.2, 0.25) is 0 Å². The van der Waals surface area contributed by atoms with Crippen LogP contribution in [-0.2, 0) is 16.0 Å². The molecule has 3 N–H and O–H groups in total. The van der Waals surface area contributed by atoms with E-state index < -0.39 is 0 Å². The molecular weight excluding hydrogens is 354 g/mol. The number of carbonyl (C=O) groups is 2. The van der Waals surface area contributed by atoms with E-state index in [1.54, 1.807) is 13.2 Å². The van der Waals surface area contributed by atoms with Crippen LogP contribution in [-0.4, -0.2) is 39.1 Å². The van der Waals surface area contributed by atoms with Gasteiger partial charge < -0.3 is 20.3 Å². The van der Waals surface area contributed by atoms with Gasteiger partial charge >= 0.3 is 0 Å². The number of fused-ring (bicyclic) bond motifs is 1. The molecule has 28 heavy (non-hydrogen) atoms. The molecule has 2 aromatic carbocycles. The van der Waals surface area contributed by atoms with E-state index in [0.29, 0.717) is 11.4 Å². The zero-order valence-electron chi connectivity index (χ0n) is 16.5. The van der Waals surface area contributed by atoms with Crippen molar-refractivity contribution < 1.29 is 19.2 Å². The summed E-state index contributed by atoms with van der Waals surface area (Å²) in [4.78, 5) is 25.6. The lowest BCUT2D eigenvalue weighted by Crippen LogP contribution is -3.11. The molecule has 2 aromatic rings. The van der Waals surface area contributed by atoms with E-state index in [1.165, 1.54) is 11.1 Å². The standard InChI is InChI=1S/C22H27N3O3/c1-25(14-21(26)23-17-9-6-10-18(13-17)28-2)15-22(27)24-20-12-5-8-16-7-3-4-11-19(16)20/h3-4,6-7,9-11,13,20H,5,8,12,14-15H2,1-2H3,(H,23,26)(H,24,27)/p+1/t20-/m0/s1. The van der Waals surface area contributed by atoms with Gasteiger partial charge in [-0.15, -0.1) is 0 Å². The third kappa shape index (κ3) is 5.33. The topological polar surface area (TPSA) is 71.9 Å². The molecular formula is C22H28N3O3+. The van der Waals surface area contributed by atoms with Gasteiger partial charge in [-0.1, -0.05) is 30.3 Å². The van der Waals surface area contributed by atoms with Gasteiger partial charge in [0.25, 0.3) is 11.8 Å². The Labute approximate surface area is 165 Å². The Bertz CT molecular complexity index is 837. The van der Waals surface area contributed by atoms with Crippen molar-refractivity contribution in [2.75, 3.05) is 32.6 Å². The van der Waals surface area contributed by atoms with E-state index in [-0.39, 0.29) is 30.9 Å². The van der Waals surface area contributed by atoms with Crippen molar-refractivity contribution in [1.82, 2.24) is 5.32 Å². The molecule has 0 spiro atoms. The van der Waals surface area contributed by atoms with Gasteiger partial charge in [0.1, 0.15) is 5.75 Å². The first-order valence-electron chi connectivity index (χ1n) is 9.67. The highest BCUT2D eigenvalue weighted by Gasteiger charge is 2.23. The van der Waals surface area contributed by atoms with Crippen LogP contribution in [0.5, 0.6) is 5.75 Å². The third-order valence-electron chi connectivity index (χ3n) is 4.98. The average Bonchev–Trinajstić information content (AvgIpc) is 2.68. The summed E-state index contributed by atoms with van der Waals surface area (Å²) in [6.07, 6.45) is 3.10. The molecule has 0 bridgehead atoms. The van der Waals surface area contributed by atoms with Gasteiger partial charge in [0.15, 0.2) is 13.1 Å². The van der Waals surface area contributed by atoms with E-state index in [9.17, 15) is 9.59 Å². The Kier molecular flexibility index (Phi) is 6.66. The van der Waals surface area contributed by atoms with E-state index in [1.807, 2.05) is 37.4 Å². The number of methoxy groups -OCH3 is 1. The second kappa shape index (κ2) is 9.37. The molecule has 3 rings (SSSR count). The van der Waals surface area contributed by atoms with Crippen LogP contribution in [0.3, 0.4) is 0 Å². The normalized spacial score (nSPS) is 16.6. The molecule has 2 atom stereocenters. The Morgan fingerprint density at radius 2 is 1.89 bits per heavy atom. The summed E-state index contributed by atoms with van der Waals surface area (Å²) >= 11 is 0. The van der Waals surface area contributed by atoms with Crippen molar-refractivity contribution in [1.29, 1.82) is 0 Å². The highest BCUT2D eigenvalue weighted by atomic mass is 16.5. The summed E-state index contributed by atoms with van der Waals surface area (Å²) in [5, 5.41) is 5.98. The number of ether oxygens (including phenoxy) is 1. The summed E-state index contributed by atoms with van der Waals surface area (Å²) in [5.41, 5.74) is 3.22. The number of benzene rings is 2. The fraction of sp³-hybridized carbons (Fsp3) is 0.364. The van der Waals surface area contributed by atoms with Gasteiger partial charge in [0.05, 0.1) is 20.2 Å². The average molecular weight is 382 g/mol. The molecule has 0 aromatic heterocycles. The zero-order chi connectivity index (χ0) is 19.9. The fourth-order valence-electron chi connectivity index (χ4n) is 3.67. The predicted molar refractivity (Wildman–Crippen MR) is 109 cm³/mol. The van der Waals surface area contributed by atoms with E-state index in [4.69, 9.17) is 4.74 Å². The summed E-state index contributed by atoms with van der Waals surface area (Å²) in [6.45, 7) is 0.468. The quantitative estimate of drug-likeness (QED) is 0.677. The largest absolute Gasteiger partial charge is 0.497 e. The van der Waals surface area contributed by atoms with Crippen LogP contribution in [0.4, 0.5) is 5.69 Å². The van der Waals surface area contributed by atoms with Crippen molar-refractivity contribution in [3.8, 4) is 5.75 Å². The zero-order valence-corrected chi connectivity index (χ0v) is 16.5. The first-order valence-corrected chi connectivity index (χ1v) is 9.67. The molecule has 0 saturated carbocycles. The number of rotatable bonds is 7. The predicted octanol–water partition coefficient (Wildman–Crippen LogP) is 1.34. The highest BCUT2D eigenvalue weighted by Crippen LogP contribution is 2.29. The Morgan fingerprint density at radius 1 is 1.11 bits per heavy atom. The van der Waals surface area contributed by atoms with E-state index in [0.717, 1.165) is 24.2 Å². The Balaban J connectivity index is 1.48. The number of hydrogen-bond acceptors (Lipinski definition) is 3. The Morgan fingerprint density at radius 3 is 2.71 bits per heavy atom. The number of amides is 2. The second-order valence-corrected chi connectivity index (χ2v) is 7.30. The molecule has 0 saturated heterocycles. The SMILES string of the molecule is COc1cccc(NC(=O)C[NH+](C)CC(=O)N[C@H]2CCCc3ccccc32)c1. The maximum Gasteiger partial charge on any atom is 0.279 e.